The van der Waals surface area contributed by atoms with E-state index in [4.69, 9.17) is 10.5 Å². The van der Waals surface area contributed by atoms with Crippen molar-refractivity contribution in [3.63, 3.8) is 0 Å². The van der Waals surface area contributed by atoms with Crippen molar-refractivity contribution in [2.75, 3.05) is 12.4 Å². The number of benzodiazepines with no additional fused rings is 1. The van der Waals surface area contributed by atoms with Crippen LogP contribution in [0.3, 0.4) is 0 Å². The van der Waals surface area contributed by atoms with Crippen molar-refractivity contribution in [3.8, 4) is 5.75 Å². The van der Waals surface area contributed by atoms with Gasteiger partial charge in [-0.2, -0.15) is 26.3 Å². The van der Waals surface area contributed by atoms with E-state index in [9.17, 15) is 40.7 Å². The Balaban J connectivity index is 2.04. The highest BCUT2D eigenvalue weighted by atomic mass is 19.4. The van der Waals surface area contributed by atoms with Gasteiger partial charge in [-0.1, -0.05) is 35.9 Å². The van der Waals surface area contributed by atoms with E-state index in [0.29, 0.717) is 11.1 Å². The van der Waals surface area contributed by atoms with Crippen LogP contribution >= 0.6 is 0 Å². The lowest BCUT2D eigenvalue weighted by Crippen LogP contribution is -2.48. The minimum Gasteiger partial charge on any atom is -0.495 e. The zero-order chi connectivity index (χ0) is 30.5. The molecule has 0 saturated heterocycles. The molecule has 222 valence electrons. The first-order chi connectivity index (χ1) is 19.1. The Morgan fingerprint density at radius 3 is 2.20 bits per heavy atom. The average Bonchev–Trinajstić information content (AvgIpc) is 3.00. The zero-order valence-corrected chi connectivity index (χ0v) is 22.0. The SMILES string of the molecule is COc1cccc2c1NC(=O)[C@@H](NC(=O)C(CCC(F)(F)F)C(CCC(F)(F)F)C(N)=O)N=C2c1cccc(C)c1. The number of hydrogen-bond donors (Lipinski definition) is 3. The van der Waals surface area contributed by atoms with Crippen LogP contribution in [-0.2, 0) is 14.4 Å². The Kier molecular flexibility index (Phi) is 9.66. The number of amides is 3. The summed E-state index contributed by atoms with van der Waals surface area (Å²) in [5.41, 5.74) is 7.46. The van der Waals surface area contributed by atoms with Gasteiger partial charge in [-0.3, -0.25) is 14.4 Å². The van der Waals surface area contributed by atoms with Gasteiger partial charge in [0, 0.05) is 35.8 Å². The quantitative estimate of drug-likeness (QED) is 0.351. The second-order valence-corrected chi connectivity index (χ2v) is 9.55. The summed E-state index contributed by atoms with van der Waals surface area (Å²) in [6, 6.07) is 11.8. The van der Waals surface area contributed by atoms with Crippen molar-refractivity contribution in [2.24, 2.45) is 22.6 Å². The second-order valence-electron chi connectivity index (χ2n) is 9.55. The zero-order valence-electron chi connectivity index (χ0n) is 22.0. The predicted octanol–water partition coefficient (Wildman–Crippen LogP) is 4.64. The summed E-state index contributed by atoms with van der Waals surface area (Å²) >= 11 is 0. The molecule has 2 aromatic carbocycles. The molecule has 2 aromatic rings. The largest absolute Gasteiger partial charge is 0.495 e. The number of hydrogen-bond acceptors (Lipinski definition) is 5. The number of nitrogens with two attached hydrogens (primary N) is 1. The van der Waals surface area contributed by atoms with Gasteiger partial charge < -0.3 is 21.1 Å². The second kappa shape index (κ2) is 12.6. The normalized spacial score (nSPS) is 16.9. The predicted molar refractivity (Wildman–Crippen MR) is 137 cm³/mol. The van der Waals surface area contributed by atoms with Crippen LogP contribution in [0, 0.1) is 18.8 Å². The molecule has 1 heterocycles. The van der Waals surface area contributed by atoms with Crippen molar-refractivity contribution >= 4 is 29.1 Å². The third kappa shape index (κ3) is 8.44. The van der Waals surface area contributed by atoms with E-state index >= 15 is 0 Å². The third-order valence-corrected chi connectivity index (χ3v) is 6.49. The number of ether oxygens (including phenoxy) is 1. The summed E-state index contributed by atoms with van der Waals surface area (Å²) in [6.07, 6.45) is -16.4. The van der Waals surface area contributed by atoms with Gasteiger partial charge in [-0.25, -0.2) is 4.99 Å². The molecule has 1 aliphatic rings. The minimum atomic E-state index is -4.78. The lowest BCUT2D eigenvalue weighted by Gasteiger charge is -2.26. The number of rotatable bonds is 10. The number of methoxy groups -OCH3 is 1. The molecule has 0 saturated carbocycles. The van der Waals surface area contributed by atoms with Crippen LogP contribution in [0.25, 0.3) is 0 Å². The van der Waals surface area contributed by atoms with Gasteiger partial charge >= 0.3 is 12.4 Å². The van der Waals surface area contributed by atoms with Crippen LogP contribution in [0.15, 0.2) is 47.5 Å². The van der Waals surface area contributed by atoms with E-state index in [0.717, 1.165) is 5.56 Å². The summed E-state index contributed by atoms with van der Waals surface area (Å²) in [5.74, 6) is -7.08. The fraction of sp³-hybridized carbons (Fsp3) is 0.407. The first kappa shape index (κ1) is 31.4. The van der Waals surface area contributed by atoms with Gasteiger partial charge in [0.1, 0.15) is 5.75 Å². The van der Waals surface area contributed by atoms with E-state index in [1.54, 1.807) is 36.4 Å². The molecule has 2 unspecified atom stereocenters. The molecule has 3 atom stereocenters. The number of nitrogens with one attached hydrogen (secondary N) is 2. The summed E-state index contributed by atoms with van der Waals surface area (Å²) < 4.78 is 83.2. The number of alkyl halides is 6. The fourth-order valence-corrected chi connectivity index (χ4v) is 4.53. The molecule has 3 rings (SSSR count). The number of aliphatic imine (C=N–C) groups is 1. The first-order valence-corrected chi connectivity index (χ1v) is 12.5. The highest BCUT2D eigenvalue weighted by Crippen LogP contribution is 2.34. The monoisotopic (exact) mass is 586 g/mol. The Morgan fingerprint density at radius 2 is 1.63 bits per heavy atom. The molecule has 0 bridgehead atoms. The van der Waals surface area contributed by atoms with Gasteiger partial charge in [0.15, 0.2) is 0 Å². The van der Waals surface area contributed by atoms with Gasteiger partial charge in [0.2, 0.25) is 18.0 Å². The number of aryl methyl sites for hydroxylation is 1. The standard InChI is InChI=1S/C27H28F6N4O4/c1-14-5-3-6-15(13-14)20-18-7-4-8-19(41-2)21(18)36-25(40)23(35-20)37-24(39)17(10-12-27(31,32)33)16(22(34)38)9-11-26(28,29)30/h3-8,13,16-17,23H,9-12H2,1-2H3,(H2,34,38)(H,36,40)(H,37,39)/t16?,17?,23-/m1/s1. The molecular formula is C27H28F6N4O4. The fourth-order valence-electron chi connectivity index (χ4n) is 4.53. The summed E-state index contributed by atoms with van der Waals surface area (Å²) in [6.45, 7) is 1.81. The highest BCUT2D eigenvalue weighted by molar-refractivity contribution is 6.20. The van der Waals surface area contributed by atoms with Crippen LogP contribution < -0.4 is 21.1 Å². The smallest absolute Gasteiger partial charge is 0.389 e. The molecule has 0 fully saturated rings. The lowest BCUT2D eigenvalue weighted by molar-refractivity contribution is -0.152. The molecule has 3 amide bonds. The number of carbonyl (C=O) groups excluding carboxylic acids is 3. The number of para-hydroxylation sites is 1. The van der Waals surface area contributed by atoms with Crippen molar-refractivity contribution in [1.29, 1.82) is 0 Å². The number of halogens is 6. The molecule has 41 heavy (non-hydrogen) atoms. The van der Waals surface area contributed by atoms with E-state index < -0.39 is 73.8 Å². The Labute approximate surface area is 231 Å². The number of primary amides is 1. The maximum Gasteiger partial charge on any atom is 0.389 e. The van der Waals surface area contributed by atoms with Gasteiger partial charge in [0.05, 0.1) is 18.5 Å². The topological polar surface area (TPSA) is 123 Å². The van der Waals surface area contributed by atoms with Crippen LogP contribution in [0.4, 0.5) is 32.0 Å². The summed E-state index contributed by atoms with van der Waals surface area (Å²) in [4.78, 5) is 43.0. The number of fused-ring (bicyclic) bond motifs is 1. The summed E-state index contributed by atoms with van der Waals surface area (Å²) in [7, 11) is 1.37. The Bertz CT molecular complexity index is 1330. The van der Waals surface area contributed by atoms with Crippen molar-refractivity contribution < 1.29 is 45.5 Å². The molecule has 0 radical (unpaired) electrons. The maximum absolute atomic E-state index is 13.3. The molecule has 0 aliphatic carbocycles. The molecule has 8 nitrogen and oxygen atoms in total. The minimum absolute atomic E-state index is 0.214. The Morgan fingerprint density at radius 1 is 1.02 bits per heavy atom. The molecule has 0 aromatic heterocycles. The first-order valence-electron chi connectivity index (χ1n) is 12.5. The van der Waals surface area contributed by atoms with Crippen molar-refractivity contribution in [2.45, 2.75) is 51.1 Å². The van der Waals surface area contributed by atoms with E-state index in [1.165, 1.54) is 7.11 Å². The molecule has 1 aliphatic heterocycles. The van der Waals surface area contributed by atoms with Crippen molar-refractivity contribution in [3.05, 3.63) is 59.2 Å². The molecule has 4 N–H and O–H groups in total. The Hall–Kier alpha value is -4.10. The molecule has 0 spiro atoms. The number of carbonyl (C=O) groups is 3. The number of anilines is 1. The average molecular weight is 587 g/mol. The lowest BCUT2D eigenvalue weighted by atomic mass is 9.83. The van der Waals surface area contributed by atoms with E-state index in [1.807, 2.05) is 13.0 Å². The van der Waals surface area contributed by atoms with Gasteiger partial charge in [-0.05, 0) is 31.9 Å². The van der Waals surface area contributed by atoms with Crippen LogP contribution in [-0.4, -0.2) is 49.1 Å². The van der Waals surface area contributed by atoms with Crippen LogP contribution in [0.5, 0.6) is 5.75 Å². The van der Waals surface area contributed by atoms with Crippen LogP contribution in [0.2, 0.25) is 0 Å². The number of benzene rings is 2. The number of nitrogens with zero attached hydrogens (tertiary/aromatic N) is 1. The van der Waals surface area contributed by atoms with Gasteiger partial charge in [-0.15, -0.1) is 0 Å². The maximum atomic E-state index is 13.3. The third-order valence-electron chi connectivity index (χ3n) is 6.49. The molecule has 14 heteroatoms. The van der Waals surface area contributed by atoms with Gasteiger partial charge in [0.25, 0.3) is 5.91 Å². The van der Waals surface area contributed by atoms with Crippen LogP contribution in [0.1, 0.15) is 42.4 Å². The molecular weight excluding hydrogens is 558 g/mol. The van der Waals surface area contributed by atoms with Crippen molar-refractivity contribution in [1.82, 2.24) is 5.32 Å². The summed E-state index contributed by atoms with van der Waals surface area (Å²) in [5, 5.41) is 4.82. The highest BCUT2D eigenvalue weighted by Gasteiger charge is 2.40. The van der Waals surface area contributed by atoms with E-state index in [2.05, 4.69) is 15.6 Å². The van der Waals surface area contributed by atoms with E-state index in [-0.39, 0.29) is 17.1 Å².